The Morgan fingerprint density at radius 1 is 0.947 bits per heavy atom. The molecule has 0 unspecified atom stereocenters. The first kappa shape index (κ1) is 25.4. The highest BCUT2D eigenvalue weighted by molar-refractivity contribution is 6.03. The minimum Gasteiger partial charge on any atom is -0.497 e. The van der Waals surface area contributed by atoms with Crippen LogP contribution in [0, 0.1) is 0 Å². The van der Waals surface area contributed by atoms with Gasteiger partial charge in [0, 0.05) is 17.7 Å². The van der Waals surface area contributed by atoms with E-state index in [1.54, 1.807) is 52.4 Å². The molecule has 38 heavy (non-hydrogen) atoms. The van der Waals surface area contributed by atoms with Crippen molar-refractivity contribution in [2.75, 3.05) is 35.0 Å². The van der Waals surface area contributed by atoms with Gasteiger partial charge in [-0.25, -0.2) is 0 Å². The van der Waals surface area contributed by atoms with Crippen molar-refractivity contribution in [3.05, 3.63) is 82.4 Å². The molecule has 0 aromatic heterocycles. The maximum absolute atomic E-state index is 14.2. The minimum absolute atomic E-state index is 0.200. The number of ether oxygens (including phenoxy) is 5. The molecule has 1 amide bonds. The average molecular weight is 518 g/mol. The number of hydrogen-bond acceptors (Lipinski definition) is 7. The van der Waals surface area contributed by atoms with E-state index in [1.165, 1.54) is 0 Å². The number of fused-ring (bicyclic) bond motifs is 5. The van der Waals surface area contributed by atoms with Crippen molar-refractivity contribution >= 4 is 11.9 Å². The van der Waals surface area contributed by atoms with Crippen LogP contribution in [0.25, 0.3) is 0 Å². The number of esters is 1. The second-order valence-corrected chi connectivity index (χ2v) is 9.31. The Labute approximate surface area is 222 Å². The summed E-state index contributed by atoms with van der Waals surface area (Å²) in [6, 6.07) is 16.2. The van der Waals surface area contributed by atoms with Crippen LogP contribution in [0.5, 0.6) is 23.0 Å². The first-order chi connectivity index (χ1) is 18.4. The summed E-state index contributed by atoms with van der Waals surface area (Å²) in [5.41, 5.74) is 2.28. The standard InChI is InChI=1S/C30H31NO7/c1-6-38-29(33)30-16-22-20(15-24(35-3)26(37-5)25(22)36-4)27(30)31(17-18-10-8-7-9-11-18)28(32)21-14-19(34-2)12-13-23(21)30/h7-15,27H,6,16-17H2,1-5H3/t27-,30+/m1/s1. The van der Waals surface area contributed by atoms with E-state index in [0.717, 1.165) is 16.7 Å². The van der Waals surface area contributed by atoms with E-state index in [0.29, 0.717) is 34.1 Å². The highest BCUT2D eigenvalue weighted by atomic mass is 16.5. The maximum atomic E-state index is 14.2. The zero-order chi connectivity index (χ0) is 27.0. The number of carbonyl (C=O) groups excluding carboxylic acids is 2. The Morgan fingerprint density at radius 3 is 2.32 bits per heavy atom. The quantitative estimate of drug-likeness (QED) is 0.408. The summed E-state index contributed by atoms with van der Waals surface area (Å²) in [4.78, 5) is 30.1. The Balaban J connectivity index is 1.84. The molecule has 2 atom stereocenters. The smallest absolute Gasteiger partial charge is 0.319 e. The molecule has 8 nitrogen and oxygen atoms in total. The molecule has 0 radical (unpaired) electrons. The number of rotatable bonds is 8. The lowest BCUT2D eigenvalue weighted by Crippen LogP contribution is -2.54. The van der Waals surface area contributed by atoms with Gasteiger partial charge in [0.25, 0.3) is 5.91 Å². The van der Waals surface area contributed by atoms with Gasteiger partial charge in [0.1, 0.15) is 11.2 Å². The van der Waals surface area contributed by atoms with E-state index in [4.69, 9.17) is 23.7 Å². The van der Waals surface area contributed by atoms with Crippen molar-refractivity contribution in [2.24, 2.45) is 0 Å². The predicted molar refractivity (Wildman–Crippen MR) is 140 cm³/mol. The van der Waals surface area contributed by atoms with E-state index in [-0.39, 0.29) is 25.5 Å². The maximum Gasteiger partial charge on any atom is 0.319 e. The zero-order valence-corrected chi connectivity index (χ0v) is 22.2. The molecule has 1 aliphatic carbocycles. The van der Waals surface area contributed by atoms with Crippen molar-refractivity contribution in [3.8, 4) is 23.0 Å². The van der Waals surface area contributed by atoms with Crippen LogP contribution < -0.4 is 18.9 Å². The molecule has 5 rings (SSSR count). The molecule has 3 aromatic carbocycles. The normalized spacial score (nSPS) is 19.2. The average Bonchev–Trinajstić information content (AvgIpc) is 3.30. The van der Waals surface area contributed by atoms with Crippen LogP contribution in [0.3, 0.4) is 0 Å². The number of amides is 1. The van der Waals surface area contributed by atoms with Gasteiger partial charge in [-0.2, -0.15) is 0 Å². The molecule has 198 valence electrons. The van der Waals surface area contributed by atoms with Crippen LogP contribution >= 0.6 is 0 Å². The van der Waals surface area contributed by atoms with E-state index < -0.39 is 17.4 Å². The highest BCUT2D eigenvalue weighted by Gasteiger charge is 2.62. The molecule has 1 heterocycles. The Bertz CT molecular complexity index is 1390. The lowest BCUT2D eigenvalue weighted by molar-refractivity contribution is -0.153. The molecule has 0 bridgehead atoms. The first-order valence-corrected chi connectivity index (χ1v) is 12.5. The van der Waals surface area contributed by atoms with E-state index >= 15 is 0 Å². The molecule has 0 spiro atoms. The second-order valence-electron chi connectivity index (χ2n) is 9.31. The zero-order valence-electron chi connectivity index (χ0n) is 22.2. The summed E-state index contributed by atoms with van der Waals surface area (Å²) in [7, 11) is 6.20. The summed E-state index contributed by atoms with van der Waals surface area (Å²) >= 11 is 0. The van der Waals surface area contributed by atoms with Gasteiger partial charge in [0.15, 0.2) is 11.5 Å². The number of hydrogen-bond donors (Lipinski definition) is 0. The summed E-state index contributed by atoms with van der Waals surface area (Å²) in [5, 5.41) is 0. The van der Waals surface area contributed by atoms with Gasteiger partial charge in [0.05, 0.1) is 41.1 Å². The fraction of sp³-hybridized carbons (Fsp3) is 0.333. The van der Waals surface area contributed by atoms with Crippen molar-refractivity contribution in [1.29, 1.82) is 0 Å². The van der Waals surface area contributed by atoms with Crippen molar-refractivity contribution in [1.82, 2.24) is 4.90 Å². The van der Waals surface area contributed by atoms with E-state index in [9.17, 15) is 9.59 Å². The molecule has 0 saturated heterocycles. The molecule has 0 fully saturated rings. The molecule has 3 aromatic rings. The summed E-state index contributed by atoms with van der Waals surface area (Å²) in [6.07, 6.45) is 0.257. The number of methoxy groups -OCH3 is 4. The Kier molecular flexibility index (Phi) is 6.65. The molecule has 1 aliphatic heterocycles. The third-order valence-corrected chi connectivity index (χ3v) is 7.53. The fourth-order valence-corrected chi connectivity index (χ4v) is 5.96. The summed E-state index contributed by atoms with van der Waals surface area (Å²) in [6.45, 7) is 2.27. The van der Waals surface area contributed by atoms with Gasteiger partial charge in [-0.05, 0) is 48.2 Å². The molecule has 8 heteroatoms. The van der Waals surface area contributed by atoms with Crippen LogP contribution in [0.2, 0.25) is 0 Å². The fourth-order valence-electron chi connectivity index (χ4n) is 5.96. The number of nitrogens with zero attached hydrogens (tertiary/aromatic N) is 1. The third kappa shape index (κ3) is 3.66. The number of carbonyl (C=O) groups is 2. The third-order valence-electron chi connectivity index (χ3n) is 7.53. The van der Waals surface area contributed by atoms with Crippen LogP contribution in [0.15, 0.2) is 54.6 Å². The second kappa shape index (κ2) is 9.93. The Hall–Kier alpha value is -4.20. The predicted octanol–water partition coefficient (Wildman–Crippen LogP) is 4.48. The van der Waals surface area contributed by atoms with Gasteiger partial charge in [-0.1, -0.05) is 36.4 Å². The summed E-state index contributed by atoms with van der Waals surface area (Å²) < 4.78 is 28.4. The monoisotopic (exact) mass is 517 g/mol. The molecular formula is C30H31NO7. The van der Waals surface area contributed by atoms with Crippen molar-refractivity contribution < 1.29 is 33.3 Å². The van der Waals surface area contributed by atoms with E-state index in [1.807, 2.05) is 42.5 Å². The summed E-state index contributed by atoms with van der Waals surface area (Å²) in [5.74, 6) is 1.29. The van der Waals surface area contributed by atoms with Crippen LogP contribution in [0.4, 0.5) is 0 Å². The van der Waals surface area contributed by atoms with Crippen molar-refractivity contribution in [2.45, 2.75) is 31.3 Å². The largest absolute Gasteiger partial charge is 0.497 e. The van der Waals surface area contributed by atoms with Gasteiger partial charge in [-0.15, -0.1) is 0 Å². The lowest BCUT2D eigenvalue weighted by atomic mass is 9.69. The SMILES string of the molecule is CCOC(=O)[C@]12Cc3c(cc(OC)c(OC)c3OC)[C@H]1N(Cc1ccccc1)C(=O)c1cc(OC)ccc12. The van der Waals surface area contributed by atoms with Gasteiger partial charge < -0.3 is 28.6 Å². The highest BCUT2D eigenvalue weighted by Crippen LogP contribution is 2.60. The lowest BCUT2D eigenvalue weighted by Gasteiger charge is -2.45. The first-order valence-electron chi connectivity index (χ1n) is 12.5. The molecule has 0 saturated carbocycles. The molecule has 2 aliphatic rings. The van der Waals surface area contributed by atoms with Gasteiger partial charge in [0.2, 0.25) is 5.75 Å². The van der Waals surface area contributed by atoms with Crippen LogP contribution in [-0.2, 0) is 27.9 Å². The molecular weight excluding hydrogens is 486 g/mol. The van der Waals surface area contributed by atoms with Gasteiger partial charge in [-0.3, -0.25) is 9.59 Å². The van der Waals surface area contributed by atoms with Crippen LogP contribution in [-0.4, -0.2) is 51.8 Å². The molecule has 0 N–H and O–H groups in total. The number of benzene rings is 3. The van der Waals surface area contributed by atoms with Crippen LogP contribution in [0.1, 0.15) is 45.6 Å². The topological polar surface area (TPSA) is 83.5 Å². The minimum atomic E-state index is -1.21. The van der Waals surface area contributed by atoms with E-state index in [2.05, 4.69) is 0 Å². The van der Waals surface area contributed by atoms with Gasteiger partial charge >= 0.3 is 5.97 Å². The Morgan fingerprint density at radius 2 is 1.68 bits per heavy atom. The van der Waals surface area contributed by atoms with Crippen molar-refractivity contribution in [3.63, 3.8) is 0 Å².